The Morgan fingerprint density at radius 1 is 1.22 bits per heavy atom. The number of hydrogen-bond acceptors (Lipinski definition) is 6. The molecule has 0 spiro atoms. The number of β-amino-alcohol motifs (C(OH)–C–C–N with tert-alkyl or cyclic N) is 1. The smallest absolute Gasteiger partial charge is 0.283 e. The van der Waals surface area contributed by atoms with E-state index in [1.54, 1.807) is 17.9 Å². The molecule has 1 fully saturated rings. The largest absolute Gasteiger partial charge is 0.389 e. The van der Waals surface area contributed by atoms with E-state index in [4.69, 9.17) is 0 Å². The summed E-state index contributed by atoms with van der Waals surface area (Å²) in [5.41, 5.74) is -0.478. The van der Waals surface area contributed by atoms with Gasteiger partial charge in [0.2, 0.25) is 0 Å². The monoisotopic (exact) mass is 442 g/mol. The number of anilines is 1. The number of aryl methyl sites for hydroxylation is 1. The summed E-state index contributed by atoms with van der Waals surface area (Å²) in [7, 11) is 0. The zero-order valence-corrected chi connectivity index (χ0v) is 16.5. The van der Waals surface area contributed by atoms with Crippen molar-refractivity contribution in [2.75, 3.05) is 18.0 Å². The van der Waals surface area contributed by atoms with Crippen molar-refractivity contribution in [2.45, 2.75) is 19.5 Å². The van der Waals surface area contributed by atoms with E-state index in [9.17, 15) is 23.5 Å². The molecule has 0 aliphatic carbocycles. The number of aliphatic hydroxyl groups excluding tert-OH is 1. The number of fused-ring (bicyclic) bond motifs is 2. The molecule has 7 nitrogen and oxygen atoms in total. The van der Waals surface area contributed by atoms with Gasteiger partial charge in [0.05, 0.1) is 23.5 Å². The molecule has 0 unspecified atom stereocenters. The molecule has 11 heteroatoms. The molecule has 4 aromatic rings. The molecule has 1 N–H and O–H groups in total. The standard InChI is InChI=1S/C21H14F4N6O/c1-9-16(17-12-3-2-10(22)4-15(12)27-6-14(17)23)21(30-7-11(32)8-30)31-20(28-9)13(5-26)18(29-31)19(24)25/h2-4,6,11,19,32H,7-8H2,1H3. The zero-order valence-electron chi connectivity index (χ0n) is 16.5. The first-order valence-electron chi connectivity index (χ1n) is 9.58. The fourth-order valence-corrected chi connectivity index (χ4v) is 4.03. The number of benzene rings is 1. The predicted molar refractivity (Wildman–Crippen MR) is 106 cm³/mol. The summed E-state index contributed by atoms with van der Waals surface area (Å²) in [6, 6.07) is 5.42. The Morgan fingerprint density at radius 3 is 2.62 bits per heavy atom. The first kappa shape index (κ1) is 20.1. The number of pyridine rings is 1. The van der Waals surface area contributed by atoms with Crippen LogP contribution < -0.4 is 4.90 Å². The van der Waals surface area contributed by atoms with Crippen LogP contribution in [0, 0.1) is 29.9 Å². The number of halogens is 4. The van der Waals surface area contributed by atoms with Crippen molar-refractivity contribution in [2.24, 2.45) is 0 Å². The van der Waals surface area contributed by atoms with Crippen molar-refractivity contribution in [3.05, 3.63) is 53.0 Å². The molecule has 0 atom stereocenters. The van der Waals surface area contributed by atoms with Crippen molar-refractivity contribution in [1.82, 2.24) is 19.6 Å². The van der Waals surface area contributed by atoms with Crippen molar-refractivity contribution >= 4 is 22.4 Å². The van der Waals surface area contributed by atoms with Crippen LogP contribution in [0.2, 0.25) is 0 Å². The molecule has 4 heterocycles. The minimum absolute atomic E-state index is 0.0471. The van der Waals surface area contributed by atoms with Crippen LogP contribution in [-0.4, -0.2) is 43.9 Å². The first-order chi connectivity index (χ1) is 15.3. The average Bonchev–Trinajstić information content (AvgIpc) is 3.09. The Balaban J connectivity index is 1.92. The predicted octanol–water partition coefficient (Wildman–Crippen LogP) is 3.52. The fraction of sp³-hybridized carbons (Fsp3) is 0.238. The van der Waals surface area contributed by atoms with Gasteiger partial charge in [-0.15, -0.1) is 0 Å². The maximum Gasteiger partial charge on any atom is 0.283 e. The third-order valence-corrected chi connectivity index (χ3v) is 5.46. The van der Waals surface area contributed by atoms with E-state index >= 15 is 4.39 Å². The van der Waals surface area contributed by atoms with Gasteiger partial charge in [-0.3, -0.25) is 4.98 Å². The van der Waals surface area contributed by atoms with Crippen molar-refractivity contribution in [1.29, 1.82) is 5.26 Å². The lowest BCUT2D eigenvalue weighted by Gasteiger charge is -2.39. The molecule has 5 rings (SSSR count). The lowest BCUT2D eigenvalue weighted by Crippen LogP contribution is -2.52. The number of hydrogen-bond donors (Lipinski definition) is 1. The van der Waals surface area contributed by atoms with E-state index in [0.29, 0.717) is 5.39 Å². The van der Waals surface area contributed by atoms with Crippen LogP contribution >= 0.6 is 0 Å². The van der Waals surface area contributed by atoms with Crippen LogP contribution in [0.3, 0.4) is 0 Å². The van der Waals surface area contributed by atoms with Crippen LogP contribution in [0.15, 0.2) is 24.4 Å². The second kappa shape index (κ2) is 7.13. The van der Waals surface area contributed by atoms with Crippen LogP contribution in [0.25, 0.3) is 27.7 Å². The Hall–Kier alpha value is -3.78. The summed E-state index contributed by atoms with van der Waals surface area (Å²) in [5, 5.41) is 23.5. The molecule has 0 radical (unpaired) electrons. The maximum atomic E-state index is 15.2. The second-order valence-corrected chi connectivity index (χ2v) is 7.51. The molecule has 1 aromatic carbocycles. The van der Waals surface area contributed by atoms with E-state index < -0.39 is 29.9 Å². The van der Waals surface area contributed by atoms with E-state index in [1.165, 1.54) is 6.07 Å². The number of rotatable bonds is 3. The lowest BCUT2D eigenvalue weighted by atomic mass is 9.98. The van der Waals surface area contributed by atoms with Gasteiger partial charge in [0, 0.05) is 35.7 Å². The topological polar surface area (TPSA) is 90.3 Å². The molecule has 0 bridgehead atoms. The Kier molecular flexibility index (Phi) is 4.49. The molecular weight excluding hydrogens is 428 g/mol. The van der Waals surface area contributed by atoms with Gasteiger partial charge in [0.15, 0.2) is 5.65 Å². The SMILES string of the molecule is Cc1nc2c(C#N)c(C(F)F)nn2c(N2CC(O)C2)c1-c1c(F)cnc2cc(F)ccc12. The minimum Gasteiger partial charge on any atom is -0.389 e. The van der Waals surface area contributed by atoms with Crippen LogP contribution in [-0.2, 0) is 0 Å². The van der Waals surface area contributed by atoms with Gasteiger partial charge < -0.3 is 10.0 Å². The number of aromatic nitrogens is 4. The summed E-state index contributed by atoms with van der Waals surface area (Å²) in [6.45, 7) is 1.85. The molecule has 32 heavy (non-hydrogen) atoms. The molecule has 1 saturated heterocycles. The number of nitriles is 1. The Labute approximate surface area is 178 Å². The van der Waals surface area contributed by atoms with E-state index in [2.05, 4.69) is 15.1 Å². The highest BCUT2D eigenvalue weighted by Crippen LogP contribution is 2.41. The highest BCUT2D eigenvalue weighted by Gasteiger charge is 2.34. The van der Waals surface area contributed by atoms with Gasteiger partial charge in [-0.25, -0.2) is 22.5 Å². The van der Waals surface area contributed by atoms with Gasteiger partial charge in [-0.2, -0.15) is 14.9 Å². The molecule has 1 aliphatic heterocycles. The summed E-state index contributed by atoms with van der Waals surface area (Å²) in [6.07, 6.45) is -2.74. The van der Waals surface area contributed by atoms with Crippen LogP contribution in [0.1, 0.15) is 23.4 Å². The summed E-state index contributed by atoms with van der Waals surface area (Å²) < 4.78 is 57.1. The van der Waals surface area contributed by atoms with Gasteiger partial charge in [0.1, 0.15) is 34.8 Å². The summed E-state index contributed by atoms with van der Waals surface area (Å²) in [4.78, 5) is 9.89. The average molecular weight is 442 g/mol. The Morgan fingerprint density at radius 2 is 1.97 bits per heavy atom. The molecule has 1 aliphatic rings. The fourth-order valence-electron chi connectivity index (χ4n) is 4.03. The zero-order chi connectivity index (χ0) is 22.7. The van der Waals surface area contributed by atoms with Gasteiger partial charge >= 0.3 is 0 Å². The van der Waals surface area contributed by atoms with Crippen LogP contribution in [0.5, 0.6) is 0 Å². The second-order valence-electron chi connectivity index (χ2n) is 7.51. The summed E-state index contributed by atoms with van der Waals surface area (Å²) >= 11 is 0. The van der Waals surface area contributed by atoms with E-state index in [0.717, 1.165) is 22.8 Å². The molecule has 162 valence electrons. The van der Waals surface area contributed by atoms with Crippen molar-refractivity contribution in [3.8, 4) is 17.2 Å². The number of aliphatic hydroxyl groups is 1. The normalized spacial score (nSPS) is 14.4. The molecule has 3 aromatic heterocycles. The quantitative estimate of drug-likeness (QED) is 0.489. The highest BCUT2D eigenvalue weighted by molar-refractivity contribution is 5.99. The third kappa shape index (κ3) is 2.87. The third-order valence-electron chi connectivity index (χ3n) is 5.46. The first-order valence-corrected chi connectivity index (χ1v) is 9.58. The highest BCUT2D eigenvalue weighted by atomic mass is 19.3. The van der Waals surface area contributed by atoms with Crippen molar-refractivity contribution < 1.29 is 22.7 Å². The van der Waals surface area contributed by atoms with Crippen molar-refractivity contribution in [3.63, 3.8) is 0 Å². The lowest BCUT2D eigenvalue weighted by molar-refractivity contribution is 0.140. The molecule has 0 saturated carbocycles. The minimum atomic E-state index is -3.02. The molecule has 0 amide bonds. The van der Waals surface area contributed by atoms with E-state index in [-0.39, 0.29) is 52.5 Å². The van der Waals surface area contributed by atoms with Gasteiger partial charge in [-0.05, 0) is 19.1 Å². The maximum absolute atomic E-state index is 15.2. The van der Waals surface area contributed by atoms with Gasteiger partial charge in [-0.1, -0.05) is 0 Å². The number of alkyl halides is 2. The van der Waals surface area contributed by atoms with E-state index in [1.807, 2.05) is 0 Å². The van der Waals surface area contributed by atoms with Gasteiger partial charge in [0.25, 0.3) is 6.43 Å². The van der Waals surface area contributed by atoms with Crippen LogP contribution in [0.4, 0.5) is 23.4 Å². The molecular formula is C21H14F4N6O. The number of nitrogens with zero attached hydrogens (tertiary/aromatic N) is 6. The summed E-state index contributed by atoms with van der Waals surface area (Å²) in [5.74, 6) is -1.07. The Bertz CT molecular complexity index is 1440.